The molecule has 1 unspecified atom stereocenters. The standard InChI is InChI=1S/C13H10AsN3O/c14-13-12-10(15-8-16-13)6-7-11(17-12)18-9-4-2-1-3-5-9/h1-8H,14H2. The summed E-state index contributed by atoms with van der Waals surface area (Å²) in [5.41, 5.74) is 1.63. The molecule has 0 spiro atoms. The van der Waals surface area contributed by atoms with Crippen LogP contribution in [0, 0.1) is 0 Å². The van der Waals surface area contributed by atoms with Crippen LogP contribution in [0.25, 0.3) is 11.0 Å². The van der Waals surface area contributed by atoms with Gasteiger partial charge in [-0.25, -0.2) is 0 Å². The number of hydrogen-bond acceptors (Lipinski definition) is 4. The number of benzene rings is 1. The first kappa shape index (κ1) is 11.2. The fourth-order valence-corrected chi connectivity index (χ4v) is 2.19. The van der Waals surface area contributed by atoms with E-state index in [0.29, 0.717) is 5.88 Å². The van der Waals surface area contributed by atoms with Crippen molar-refractivity contribution in [2.45, 2.75) is 0 Å². The summed E-state index contributed by atoms with van der Waals surface area (Å²) in [4.78, 5) is 12.8. The molecule has 3 rings (SSSR count). The van der Waals surface area contributed by atoms with Crippen LogP contribution in [-0.2, 0) is 0 Å². The molecule has 1 aromatic carbocycles. The summed E-state index contributed by atoms with van der Waals surface area (Å²) >= 11 is 1.43. The molecule has 0 saturated heterocycles. The van der Waals surface area contributed by atoms with Gasteiger partial charge in [0.25, 0.3) is 0 Å². The van der Waals surface area contributed by atoms with Gasteiger partial charge in [0.05, 0.1) is 0 Å². The fraction of sp³-hybridized carbons (Fsp3) is 0. The molecular formula is C13H10AsN3O. The molecule has 0 bridgehead atoms. The average Bonchev–Trinajstić information content (AvgIpc) is 2.41. The van der Waals surface area contributed by atoms with Crippen LogP contribution in [0.2, 0.25) is 0 Å². The van der Waals surface area contributed by atoms with E-state index in [9.17, 15) is 0 Å². The Balaban J connectivity index is 2.01. The Morgan fingerprint density at radius 3 is 2.61 bits per heavy atom. The van der Waals surface area contributed by atoms with Gasteiger partial charge in [0.15, 0.2) is 0 Å². The normalized spacial score (nSPS) is 10.5. The summed E-state index contributed by atoms with van der Waals surface area (Å²) in [6.07, 6.45) is 1.55. The SMILES string of the molecule is [AsH2]c1ncnc2ccc(Oc3ccccc3)nc12. The monoisotopic (exact) mass is 299 g/mol. The van der Waals surface area contributed by atoms with Crippen molar-refractivity contribution < 1.29 is 4.74 Å². The number of rotatable bonds is 2. The van der Waals surface area contributed by atoms with Crippen molar-refractivity contribution in [3.05, 3.63) is 48.8 Å². The molecule has 0 fully saturated rings. The summed E-state index contributed by atoms with van der Waals surface area (Å²) in [5.74, 6) is 1.33. The van der Waals surface area contributed by atoms with Crippen LogP contribution in [-0.4, -0.2) is 31.8 Å². The predicted molar refractivity (Wildman–Crippen MR) is 72.0 cm³/mol. The number of ether oxygens (including phenoxy) is 1. The Morgan fingerprint density at radius 2 is 1.78 bits per heavy atom. The molecule has 88 valence electrons. The van der Waals surface area contributed by atoms with Crippen molar-refractivity contribution in [3.63, 3.8) is 0 Å². The quantitative estimate of drug-likeness (QED) is 0.664. The van der Waals surface area contributed by atoms with Gasteiger partial charge in [0.2, 0.25) is 0 Å². The van der Waals surface area contributed by atoms with Crippen molar-refractivity contribution in [2.75, 3.05) is 0 Å². The van der Waals surface area contributed by atoms with E-state index < -0.39 is 0 Å². The second kappa shape index (κ2) is 4.75. The van der Waals surface area contributed by atoms with Gasteiger partial charge in [-0.15, -0.1) is 0 Å². The molecule has 5 heteroatoms. The third-order valence-electron chi connectivity index (χ3n) is 2.45. The van der Waals surface area contributed by atoms with E-state index in [1.54, 1.807) is 6.33 Å². The summed E-state index contributed by atoms with van der Waals surface area (Å²) in [5, 5.41) is 0. The van der Waals surface area contributed by atoms with Gasteiger partial charge in [-0.2, -0.15) is 0 Å². The molecule has 2 aromatic heterocycles. The van der Waals surface area contributed by atoms with Crippen LogP contribution in [0.1, 0.15) is 0 Å². The van der Waals surface area contributed by atoms with Crippen LogP contribution in [0.4, 0.5) is 0 Å². The van der Waals surface area contributed by atoms with Gasteiger partial charge in [-0.1, -0.05) is 0 Å². The number of fused-ring (bicyclic) bond motifs is 1. The number of para-hydroxylation sites is 1. The third-order valence-corrected chi connectivity index (χ3v) is 3.34. The number of nitrogens with zero attached hydrogens (tertiary/aromatic N) is 3. The molecule has 18 heavy (non-hydrogen) atoms. The Hall–Kier alpha value is -1.93. The molecule has 0 aliphatic rings. The van der Waals surface area contributed by atoms with Crippen LogP contribution < -0.4 is 9.22 Å². The summed E-state index contributed by atoms with van der Waals surface area (Å²) in [7, 11) is 0. The Kier molecular flexibility index (Phi) is 2.95. The molecule has 3 aromatic rings. The number of hydrogen-bond donors (Lipinski definition) is 0. The molecule has 2 heterocycles. The van der Waals surface area contributed by atoms with Crippen molar-refractivity contribution in [1.82, 2.24) is 15.0 Å². The number of aromatic nitrogens is 3. The maximum atomic E-state index is 5.68. The molecule has 0 aliphatic heterocycles. The predicted octanol–water partition coefficient (Wildman–Crippen LogP) is 1.08. The van der Waals surface area contributed by atoms with E-state index >= 15 is 0 Å². The van der Waals surface area contributed by atoms with Crippen LogP contribution in [0.15, 0.2) is 48.8 Å². The van der Waals surface area contributed by atoms with Gasteiger partial charge in [-0.3, -0.25) is 0 Å². The molecule has 0 saturated carbocycles. The first-order valence-corrected chi connectivity index (χ1v) is 6.64. The molecule has 0 aliphatic carbocycles. The van der Waals surface area contributed by atoms with E-state index in [4.69, 9.17) is 4.74 Å². The van der Waals surface area contributed by atoms with Crippen molar-refractivity contribution in [1.29, 1.82) is 0 Å². The first-order valence-electron chi connectivity index (χ1n) is 5.43. The average molecular weight is 299 g/mol. The number of pyridine rings is 1. The first-order chi connectivity index (χ1) is 8.83. The zero-order chi connectivity index (χ0) is 12.4. The minimum atomic E-state index is 0.558. The van der Waals surface area contributed by atoms with Gasteiger partial charge >= 0.3 is 112 Å². The van der Waals surface area contributed by atoms with Gasteiger partial charge in [0.1, 0.15) is 0 Å². The fourth-order valence-electron chi connectivity index (χ4n) is 1.61. The van der Waals surface area contributed by atoms with Crippen molar-refractivity contribution in [3.8, 4) is 11.6 Å². The van der Waals surface area contributed by atoms with Gasteiger partial charge in [-0.05, 0) is 0 Å². The molecule has 0 amide bonds. The maximum absolute atomic E-state index is 5.68. The molecule has 0 N–H and O–H groups in total. The summed E-state index contributed by atoms with van der Waals surface area (Å²) in [6, 6.07) is 13.3. The van der Waals surface area contributed by atoms with E-state index in [2.05, 4.69) is 15.0 Å². The zero-order valence-corrected chi connectivity index (χ0v) is 11.9. The van der Waals surface area contributed by atoms with E-state index in [1.165, 1.54) is 16.9 Å². The van der Waals surface area contributed by atoms with E-state index in [1.807, 2.05) is 42.5 Å². The zero-order valence-electron chi connectivity index (χ0n) is 9.45. The summed E-state index contributed by atoms with van der Waals surface area (Å²) in [6.45, 7) is 0. The topological polar surface area (TPSA) is 47.9 Å². The Morgan fingerprint density at radius 1 is 0.944 bits per heavy atom. The van der Waals surface area contributed by atoms with Crippen molar-refractivity contribution in [2.24, 2.45) is 0 Å². The molecular weight excluding hydrogens is 289 g/mol. The van der Waals surface area contributed by atoms with Crippen LogP contribution in [0.5, 0.6) is 11.6 Å². The third kappa shape index (κ3) is 2.20. The summed E-state index contributed by atoms with van der Waals surface area (Å²) < 4.78 is 6.59. The molecule has 4 nitrogen and oxygen atoms in total. The van der Waals surface area contributed by atoms with Gasteiger partial charge < -0.3 is 0 Å². The van der Waals surface area contributed by atoms with E-state index in [0.717, 1.165) is 21.3 Å². The molecule has 1 atom stereocenters. The molecule has 0 radical (unpaired) electrons. The van der Waals surface area contributed by atoms with Crippen LogP contribution >= 0.6 is 0 Å². The van der Waals surface area contributed by atoms with Crippen molar-refractivity contribution >= 4 is 32.4 Å². The van der Waals surface area contributed by atoms with Crippen LogP contribution in [0.3, 0.4) is 0 Å². The minimum absolute atomic E-state index is 0.558. The van der Waals surface area contributed by atoms with E-state index in [-0.39, 0.29) is 0 Å². The Bertz CT molecular complexity index is 688. The second-order valence-electron chi connectivity index (χ2n) is 3.69. The Labute approximate surface area is 113 Å². The second-order valence-corrected chi connectivity index (χ2v) is 4.84. The van der Waals surface area contributed by atoms with Gasteiger partial charge in [0, 0.05) is 0 Å².